The van der Waals surface area contributed by atoms with Crippen molar-refractivity contribution in [2.45, 2.75) is 292 Å². The van der Waals surface area contributed by atoms with Gasteiger partial charge in [0, 0.05) is 22.3 Å². The van der Waals surface area contributed by atoms with Crippen LogP contribution in [0.5, 0.6) is 46.0 Å². The summed E-state index contributed by atoms with van der Waals surface area (Å²) in [7, 11) is -7.52. The van der Waals surface area contributed by atoms with E-state index in [9.17, 15) is 0 Å². The zero-order chi connectivity index (χ0) is 94.4. The van der Waals surface area contributed by atoms with Crippen molar-refractivity contribution in [3.63, 3.8) is 0 Å². The van der Waals surface area contributed by atoms with Gasteiger partial charge in [-0.3, -0.25) is 4.52 Å². The average molecular weight is 1830 g/mol. The molecule has 0 amide bonds. The minimum absolute atomic E-state index is 0.0535. The molecule has 0 unspecified atom stereocenters. The van der Waals surface area contributed by atoms with E-state index >= 15 is 0 Å². The Morgan fingerprint density at radius 1 is 0.281 bits per heavy atom. The highest BCUT2D eigenvalue weighted by Gasteiger charge is 2.46. The van der Waals surface area contributed by atoms with Gasteiger partial charge in [0.05, 0.1) is 49.1 Å². The van der Waals surface area contributed by atoms with Gasteiger partial charge in [0.15, 0.2) is 0 Å². The van der Waals surface area contributed by atoms with Crippen LogP contribution in [-0.2, 0) is 72.4 Å². The minimum atomic E-state index is -1.65. The fraction of sp³-hybridized carbons (Fsp3) is 0.455. The van der Waals surface area contributed by atoms with Gasteiger partial charge in [-0.25, -0.2) is 0 Å². The number of benzene rings is 10. The molecule has 2 fully saturated rings. The Hall–Kier alpha value is -7.45. The van der Waals surface area contributed by atoms with E-state index in [1.54, 1.807) is 0 Å². The first kappa shape index (κ1) is 103. The van der Waals surface area contributed by atoms with Crippen molar-refractivity contribution in [3.05, 3.63) is 293 Å². The van der Waals surface area contributed by atoms with Crippen LogP contribution < -0.4 is 46.8 Å². The maximum Gasteiger partial charge on any atom is 0.463 e. The summed E-state index contributed by atoms with van der Waals surface area (Å²) in [6.45, 7) is 78.7. The predicted molar refractivity (Wildman–Crippen MR) is 541 cm³/mol. The summed E-state index contributed by atoms with van der Waals surface area (Å²) in [6.07, 6.45) is 0.794. The third-order valence-corrected chi connectivity index (χ3v) is 28.8. The number of hydrogen-bond acceptors (Lipinski definition) is 13. The lowest BCUT2D eigenvalue weighted by Gasteiger charge is -2.41. The molecule has 18 heteroatoms. The number of hydrogen-bond donors (Lipinski definition) is 0. The highest BCUT2D eigenvalue weighted by Crippen LogP contribution is 2.57. The Balaban J connectivity index is 0.000000204. The van der Waals surface area contributed by atoms with Crippen LogP contribution in [0.2, 0.25) is 0 Å². The maximum absolute atomic E-state index is 6.66. The average Bonchev–Trinajstić information content (AvgIpc) is 0.789. The van der Waals surface area contributed by atoms with E-state index in [0.29, 0.717) is 33.0 Å². The zero-order valence-corrected chi connectivity index (χ0v) is 88.1. The van der Waals surface area contributed by atoms with Gasteiger partial charge < -0.3 is 54.3 Å². The van der Waals surface area contributed by atoms with E-state index in [1.807, 2.05) is 31.2 Å². The molecule has 12 rings (SSSR count). The van der Waals surface area contributed by atoms with E-state index in [1.165, 1.54) is 66.8 Å². The van der Waals surface area contributed by atoms with E-state index in [4.69, 9.17) is 58.8 Å². The highest BCUT2D eigenvalue weighted by atomic mass is 31.2. The van der Waals surface area contributed by atoms with Crippen LogP contribution in [0.25, 0.3) is 0 Å². The molecule has 0 aromatic heterocycles. The Morgan fingerprint density at radius 2 is 0.547 bits per heavy atom. The van der Waals surface area contributed by atoms with Crippen molar-refractivity contribution in [1.82, 2.24) is 0 Å². The summed E-state index contributed by atoms with van der Waals surface area (Å²) in [4.78, 5) is 0. The van der Waals surface area contributed by atoms with Crippen molar-refractivity contribution in [2.24, 2.45) is 5.41 Å². The van der Waals surface area contributed by atoms with Gasteiger partial charge >= 0.3 is 42.6 Å². The first-order valence-corrected chi connectivity index (χ1v) is 50.7. The van der Waals surface area contributed by atoms with E-state index in [0.717, 1.165) is 108 Å². The molecular weight excluding hydrogens is 1680 g/mol. The summed E-state index contributed by atoms with van der Waals surface area (Å²) in [5.74, 6) is 6.72. The molecule has 2 aliphatic heterocycles. The van der Waals surface area contributed by atoms with E-state index in [2.05, 4.69) is 393 Å². The molecule has 128 heavy (non-hydrogen) atoms. The number of rotatable bonds is 22. The lowest BCUT2D eigenvalue weighted by molar-refractivity contribution is -0.0673. The van der Waals surface area contributed by atoms with Crippen LogP contribution in [0.1, 0.15) is 284 Å². The molecule has 0 radical (unpaired) electrons. The van der Waals surface area contributed by atoms with Crippen LogP contribution in [0, 0.1) is 74.7 Å². The molecule has 0 atom stereocenters. The fourth-order valence-corrected chi connectivity index (χ4v) is 21.2. The van der Waals surface area contributed by atoms with Crippen LogP contribution in [0.15, 0.2) is 182 Å². The van der Waals surface area contributed by atoms with Crippen LogP contribution in [0.4, 0.5) is 0 Å². The predicted octanol–water partition coefficient (Wildman–Crippen LogP) is 32.0. The van der Waals surface area contributed by atoms with Crippen molar-refractivity contribution >= 4 is 53.2 Å². The van der Waals surface area contributed by atoms with Gasteiger partial charge in [-0.1, -0.05) is 310 Å². The molecule has 13 nitrogen and oxygen atoms in total. The summed E-state index contributed by atoms with van der Waals surface area (Å²) in [6, 6.07) is 64.2. The third-order valence-electron chi connectivity index (χ3n) is 22.8. The van der Waals surface area contributed by atoms with Crippen LogP contribution in [-0.4, -0.2) is 33.0 Å². The second-order valence-corrected chi connectivity index (χ2v) is 49.4. The molecule has 10 aromatic carbocycles. The molecule has 0 N–H and O–H groups in total. The smallest absolute Gasteiger partial charge is 0.435 e. The Bertz CT molecular complexity index is 4970. The summed E-state index contributed by atoms with van der Waals surface area (Å²) < 4.78 is 83.0. The SMILES string of the molecule is CC(C)(C)c1ccc(OP2OCC3(CO2)COP(Oc2ccc(C(C)(C)C)cc2C(C)(C)C)OC3)c(C(C)(C)C)c1.CCOP(Oc1c(C)cc(C(C)(C)C)cc1C(C)(C)C)Oc1c(C)cc(C(C)(C)C)cc1C(C)(C)C.Cc1ccc(OP(Oc2ccc(C)cc2C)c2ccc(Cc3ccc(P(Oc4ccc(C)cc4C)Oc4ccc(C)cc4C)cc3)cc2)c(C)c1. The van der Waals surface area contributed by atoms with Gasteiger partial charge in [0.2, 0.25) is 0 Å². The fourth-order valence-electron chi connectivity index (χ4n) is 14.7. The van der Waals surface area contributed by atoms with E-state index in [-0.39, 0.29) is 48.7 Å². The Labute approximate surface area is 776 Å². The molecule has 690 valence electrons. The van der Waals surface area contributed by atoms with Crippen molar-refractivity contribution in [1.29, 1.82) is 0 Å². The van der Waals surface area contributed by atoms with Crippen molar-refractivity contribution in [2.75, 3.05) is 33.0 Å². The van der Waals surface area contributed by atoms with E-state index < -0.39 is 42.6 Å². The van der Waals surface area contributed by atoms with Gasteiger partial charge in [-0.2, -0.15) is 0 Å². The standard InChI is InChI=1S/C45H46O4P2.C33H50O6P2.C32H51O3P/c1-30-9-21-42(34(5)25-30)46-50(47-43-22-10-31(2)26-35(43)6)40-17-13-38(14-18-40)29-39-15-19-41(20-16-39)51(48-44-23-11-32(3)27-36(44)7)49-45-24-12-33(4)28-37(45)8;1-29(2,3)23-13-15-27(25(17-23)31(7,8)9)38-40-34-19-33(20-35-40)21-36-41(37-22-33)39-28-16-14-24(30(4,5)6)18-26(28)32(10,11)12;1-16-33-36(34-27-21(2)17-23(29(4,5)6)19-25(27)31(10,11)12)35-28-22(3)18-24(30(7,8)9)20-26(28)32(13,14)15/h9-28H,29H2,1-8H3;13-18H,19-22H2,1-12H3;17-20H,16H2,1-15H3. The molecule has 2 aliphatic rings. The monoisotopic (exact) mass is 1830 g/mol. The molecule has 0 saturated carbocycles. The maximum atomic E-state index is 6.66. The molecule has 0 bridgehead atoms. The summed E-state index contributed by atoms with van der Waals surface area (Å²) in [5.41, 5.74) is 23.2. The van der Waals surface area contributed by atoms with Gasteiger partial charge in [0.1, 0.15) is 46.0 Å². The van der Waals surface area contributed by atoms with Gasteiger partial charge in [0.25, 0.3) is 0 Å². The lowest BCUT2D eigenvalue weighted by Crippen LogP contribution is -2.45. The highest BCUT2D eigenvalue weighted by molar-refractivity contribution is 7.57. The first-order valence-electron chi connectivity index (χ1n) is 45.1. The first-order chi connectivity index (χ1) is 59.4. The lowest BCUT2D eigenvalue weighted by atomic mass is 9.79. The number of aryl methyl sites for hydroxylation is 10. The summed E-state index contributed by atoms with van der Waals surface area (Å²) >= 11 is 0. The van der Waals surface area contributed by atoms with Gasteiger partial charge in [-0.15, -0.1) is 0 Å². The second kappa shape index (κ2) is 41.8. The quantitative estimate of drug-likeness (QED) is 0.0599. The summed E-state index contributed by atoms with van der Waals surface area (Å²) in [5, 5.41) is 2.03. The van der Waals surface area contributed by atoms with Crippen LogP contribution >= 0.6 is 42.6 Å². The van der Waals surface area contributed by atoms with Gasteiger partial charge in [-0.05, 0) is 253 Å². The second-order valence-electron chi connectivity index (χ2n) is 43.3. The van der Waals surface area contributed by atoms with Crippen LogP contribution in [0.3, 0.4) is 0 Å². The zero-order valence-electron chi connectivity index (χ0n) is 83.6. The van der Waals surface area contributed by atoms with Crippen molar-refractivity contribution in [3.8, 4) is 46.0 Å². The molecule has 0 aliphatic carbocycles. The topological polar surface area (TPSA) is 120 Å². The normalized spacial score (nSPS) is 16.0. The largest absolute Gasteiger partial charge is 0.463 e. The Kier molecular flexibility index (Phi) is 33.5. The molecule has 2 saturated heterocycles. The van der Waals surface area contributed by atoms with Crippen molar-refractivity contribution < 1.29 is 58.8 Å². The molecule has 2 heterocycles. The molecular formula is C110H147O13P5. The molecule has 10 aromatic rings. The minimum Gasteiger partial charge on any atom is -0.435 e. The third kappa shape index (κ3) is 28.1. The Morgan fingerprint density at radius 3 is 0.797 bits per heavy atom. The molecule has 1 spiro atoms.